The molecule has 34 heavy (non-hydrogen) atoms. The number of hydrogen-bond acceptors (Lipinski definition) is 6. The highest BCUT2D eigenvalue weighted by atomic mass is 32.2. The van der Waals surface area contributed by atoms with Crippen molar-refractivity contribution in [1.82, 2.24) is 9.13 Å². The van der Waals surface area contributed by atoms with Crippen LogP contribution in [0.15, 0.2) is 65.6 Å². The van der Waals surface area contributed by atoms with Gasteiger partial charge in [0.15, 0.2) is 10.1 Å². The lowest BCUT2D eigenvalue weighted by Gasteiger charge is -2.19. The van der Waals surface area contributed by atoms with Gasteiger partial charge in [-0.2, -0.15) is 0 Å². The minimum absolute atomic E-state index is 0.00318. The lowest BCUT2D eigenvalue weighted by molar-refractivity contribution is -0.835. The standard InChI is InChI=1S/C24H27N3O4S3/c1-2-25-23(28)20(27(24(25)32)18-10-4-3-5-11-18)14-15-22-26(16-8-9-17-34(29,30)31)19-12-6-7-13-21(19)33-22/h3-7,10-15,22,28H,2,8-9,16-17H2,1H3,(H,29,30,31)/p-1. The van der Waals surface area contributed by atoms with Gasteiger partial charge in [0, 0.05) is 24.1 Å². The number of quaternary nitrogens is 1. The zero-order chi connectivity index (χ0) is 24.3. The van der Waals surface area contributed by atoms with E-state index in [0.29, 0.717) is 36.4 Å². The molecule has 1 aliphatic rings. The van der Waals surface area contributed by atoms with Gasteiger partial charge in [-0.25, -0.2) is 8.42 Å². The van der Waals surface area contributed by atoms with Crippen LogP contribution in [0.3, 0.4) is 0 Å². The maximum atomic E-state index is 13.1. The summed E-state index contributed by atoms with van der Waals surface area (Å²) in [5.41, 5.74) is 2.48. The third-order valence-electron chi connectivity index (χ3n) is 5.81. The van der Waals surface area contributed by atoms with Crippen molar-refractivity contribution in [3.8, 4) is 11.6 Å². The maximum Gasteiger partial charge on any atom is 0.184 e. The van der Waals surface area contributed by atoms with Gasteiger partial charge < -0.3 is 14.2 Å². The average Bonchev–Trinajstić information content (AvgIpc) is 3.28. The Morgan fingerprint density at radius 3 is 2.53 bits per heavy atom. The second-order valence-electron chi connectivity index (χ2n) is 8.03. The van der Waals surface area contributed by atoms with Gasteiger partial charge >= 0.3 is 0 Å². The van der Waals surface area contributed by atoms with Gasteiger partial charge in [0.25, 0.3) is 0 Å². The summed E-state index contributed by atoms with van der Waals surface area (Å²) in [4.78, 5) is 2.32. The highest BCUT2D eigenvalue weighted by Crippen LogP contribution is 2.34. The molecule has 0 radical (unpaired) electrons. The molecular weight excluding hydrogens is 490 g/mol. The molecule has 0 fully saturated rings. The van der Waals surface area contributed by atoms with Gasteiger partial charge in [0.05, 0.1) is 27.3 Å². The van der Waals surface area contributed by atoms with Crippen LogP contribution < -0.4 is 10.0 Å². The van der Waals surface area contributed by atoms with E-state index in [1.807, 2.05) is 66.1 Å². The first-order valence-electron chi connectivity index (χ1n) is 11.1. The summed E-state index contributed by atoms with van der Waals surface area (Å²) in [6.07, 6.45) is 4.81. The SMILES string of the molecule is CCn1c([O-])c(C=CC2Sc3ccccc3[NH+]2CCCCS(=O)(=O)[O-])n(-c2ccccc2)c1=S. The molecule has 7 nitrogen and oxygen atoms in total. The Hall–Kier alpha value is -2.37. The van der Waals surface area contributed by atoms with E-state index in [9.17, 15) is 18.1 Å². The molecule has 0 bridgehead atoms. The van der Waals surface area contributed by atoms with E-state index in [1.165, 1.54) is 4.90 Å². The van der Waals surface area contributed by atoms with E-state index in [1.54, 1.807) is 16.3 Å². The number of aromatic nitrogens is 2. The molecule has 2 aromatic carbocycles. The molecule has 10 heteroatoms. The van der Waals surface area contributed by atoms with Crippen molar-refractivity contribution in [2.45, 2.75) is 36.6 Å². The number of imidazole rings is 1. The Bertz CT molecular complexity index is 1350. The van der Waals surface area contributed by atoms with E-state index < -0.39 is 10.1 Å². The molecule has 0 aliphatic carbocycles. The van der Waals surface area contributed by atoms with Crippen molar-refractivity contribution in [2.75, 3.05) is 12.3 Å². The molecule has 2 unspecified atom stereocenters. The van der Waals surface area contributed by atoms with Crippen molar-refractivity contribution in [3.63, 3.8) is 0 Å². The van der Waals surface area contributed by atoms with Crippen LogP contribution in [-0.2, 0) is 16.7 Å². The predicted molar refractivity (Wildman–Crippen MR) is 134 cm³/mol. The lowest BCUT2D eigenvalue weighted by Crippen LogP contribution is -3.09. The quantitative estimate of drug-likeness (QED) is 0.267. The Morgan fingerprint density at radius 1 is 1.12 bits per heavy atom. The van der Waals surface area contributed by atoms with Gasteiger partial charge in [-0.05, 0) is 68.2 Å². The minimum Gasteiger partial charge on any atom is -0.859 e. The van der Waals surface area contributed by atoms with Crippen LogP contribution in [0.2, 0.25) is 0 Å². The highest BCUT2D eigenvalue weighted by molar-refractivity contribution is 8.00. The van der Waals surface area contributed by atoms with Crippen LogP contribution in [0.5, 0.6) is 5.88 Å². The number of thioether (sulfide) groups is 1. The second-order valence-corrected chi connectivity index (χ2v) is 11.1. The first kappa shape index (κ1) is 24.7. The van der Waals surface area contributed by atoms with Crippen LogP contribution in [-0.4, -0.2) is 39.8 Å². The Labute approximate surface area is 209 Å². The molecule has 0 spiro atoms. The normalized spacial score (nSPS) is 17.9. The number of hydrogen-bond donors (Lipinski definition) is 1. The molecule has 1 aliphatic heterocycles. The maximum absolute atomic E-state index is 13.1. The van der Waals surface area contributed by atoms with Crippen LogP contribution in [0.4, 0.5) is 5.69 Å². The zero-order valence-electron chi connectivity index (χ0n) is 18.7. The highest BCUT2D eigenvalue weighted by Gasteiger charge is 2.33. The molecule has 0 saturated heterocycles. The smallest absolute Gasteiger partial charge is 0.184 e. The van der Waals surface area contributed by atoms with Gasteiger partial charge in [-0.1, -0.05) is 42.1 Å². The fourth-order valence-electron chi connectivity index (χ4n) is 4.20. The van der Waals surface area contributed by atoms with Crippen LogP contribution in [0, 0.1) is 4.77 Å². The molecule has 1 aromatic heterocycles. The zero-order valence-corrected chi connectivity index (χ0v) is 21.2. The Kier molecular flexibility index (Phi) is 7.63. The molecule has 0 amide bonds. The van der Waals surface area contributed by atoms with Crippen LogP contribution in [0.25, 0.3) is 11.8 Å². The molecule has 4 rings (SSSR count). The molecule has 0 saturated carbocycles. The topological polar surface area (TPSA) is 94.6 Å². The number of nitrogens with one attached hydrogen (secondary N) is 1. The van der Waals surface area contributed by atoms with E-state index in [4.69, 9.17) is 12.2 Å². The fourth-order valence-corrected chi connectivity index (χ4v) is 6.47. The van der Waals surface area contributed by atoms with E-state index >= 15 is 0 Å². The molecule has 2 heterocycles. The number of benzene rings is 2. The summed E-state index contributed by atoms with van der Waals surface area (Å²) in [5.74, 6) is -0.478. The van der Waals surface area contributed by atoms with Gasteiger partial charge in [-0.15, -0.1) is 0 Å². The summed E-state index contributed by atoms with van der Waals surface area (Å²) in [5, 5.41) is 13.2. The molecule has 180 valence electrons. The molecule has 3 aromatic rings. The Morgan fingerprint density at radius 2 is 1.82 bits per heavy atom. The third kappa shape index (κ3) is 5.31. The van der Waals surface area contributed by atoms with Crippen molar-refractivity contribution < 1.29 is 23.0 Å². The monoisotopic (exact) mass is 516 g/mol. The first-order valence-corrected chi connectivity index (χ1v) is 14.0. The summed E-state index contributed by atoms with van der Waals surface area (Å²) in [6, 6.07) is 17.7. The third-order valence-corrected chi connectivity index (χ3v) is 8.30. The number of fused-ring (bicyclic) bond motifs is 1. The number of unbranched alkanes of at least 4 members (excludes halogenated alkanes) is 1. The number of para-hydroxylation sites is 2. The molecular formula is C24H26N3O4S3-. The first-order chi connectivity index (χ1) is 16.3. The summed E-state index contributed by atoms with van der Waals surface area (Å²) in [6.45, 7) is 3.07. The van der Waals surface area contributed by atoms with E-state index in [0.717, 1.165) is 16.3 Å². The van der Waals surface area contributed by atoms with Crippen LogP contribution in [0.1, 0.15) is 25.5 Å². The van der Waals surface area contributed by atoms with E-state index in [-0.39, 0.29) is 17.0 Å². The van der Waals surface area contributed by atoms with Crippen molar-refractivity contribution >= 4 is 45.9 Å². The fraction of sp³-hybridized carbons (Fsp3) is 0.292. The largest absolute Gasteiger partial charge is 0.859 e. The molecule has 1 N–H and O–H groups in total. The minimum atomic E-state index is -4.21. The number of rotatable bonds is 9. The Balaban J connectivity index is 1.64. The summed E-state index contributed by atoms with van der Waals surface area (Å²) in [7, 11) is -4.21. The van der Waals surface area contributed by atoms with Gasteiger partial charge in [0.1, 0.15) is 5.69 Å². The van der Waals surface area contributed by atoms with Crippen molar-refractivity contribution in [2.24, 2.45) is 0 Å². The van der Waals surface area contributed by atoms with Crippen molar-refractivity contribution in [3.05, 3.63) is 71.1 Å². The summed E-state index contributed by atoms with van der Waals surface area (Å²) >= 11 is 7.32. The lowest BCUT2D eigenvalue weighted by atomic mass is 10.2. The average molecular weight is 517 g/mol. The van der Waals surface area contributed by atoms with Gasteiger partial charge in [0.2, 0.25) is 0 Å². The second kappa shape index (κ2) is 10.5. The predicted octanol–water partition coefficient (Wildman–Crippen LogP) is 3.09. The molecule has 2 atom stereocenters. The van der Waals surface area contributed by atoms with Crippen LogP contribution >= 0.6 is 24.0 Å². The summed E-state index contributed by atoms with van der Waals surface area (Å²) < 4.78 is 36.8. The van der Waals surface area contributed by atoms with Gasteiger partial charge in [-0.3, -0.25) is 9.47 Å². The van der Waals surface area contributed by atoms with E-state index in [2.05, 4.69) is 12.1 Å². The number of nitrogens with zero attached hydrogens (tertiary/aromatic N) is 2. The van der Waals surface area contributed by atoms with Crippen molar-refractivity contribution in [1.29, 1.82) is 0 Å².